The molecule has 4 rings (SSSR count). The van der Waals surface area contributed by atoms with Crippen LogP contribution in [-0.4, -0.2) is 51.0 Å². The first-order valence-corrected chi connectivity index (χ1v) is 9.30. The molecule has 0 saturated carbocycles. The second-order valence-electron chi connectivity index (χ2n) is 7.52. The van der Waals surface area contributed by atoms with E-state index in [2.05, 4.69) is 5.10 Å². The van der Waals surface area contributed by atoms with Gasteiger partial charge >= 0.3 is 0 Å². The number of hydrogen-bond donors (Lipinski definition) is 0. The molecule has 1 spiro atoms. The molecule has 1 aromatic heterocycles. The molecular weight excluding hydrogens is 347 g/mol. The second kappa shape index (κ2) is 6.79. The number of rotatable bonds is 3. The summed E-state index contributed by atoms with van der Waals surface area (Å²) in [4.78, 5) is 29.5. The van der Waals surface area contributed by atoms with Crippen molar-refractivity contribution in [3.05, 3.63) is 53.6 Å². The predicted octanol–water partition coefficient (Wildman–Crippen LogP) is 2.21. The van der Waals surface area contributed by atoms with E-state index < -0.39 is 5.41 Å². The molecule has 0 bridgehead atoms. The zero-order chi connectivity index (χ0) is 19.0. The van der Waals surface area contributed by atoms with E-state index in [9.17, 15) is 14.0 Å². The van der Waals surface area contributed by atoms with Crippen molar-refractivity contribution in [3.8, 4) is 0 Å². The maximum Gasteiger partial charge on any atom is 0.272 e. The largest absolute Gasteiger partial charge is 0.338 e. The highest BCUT2D eigenvalue weighted by Gasteiger charge is 2.49. The fourth-order valence-corrected chi connectivity index (χ4v) is 4.31. The fourth-order valence-electron chi connectivity index (χ4n) is 4.31. The topological polar surface area (TPSA) is 58.4 Å². The van der Waals surface area contributed by atoms with Crippen molar-refractivity contribution in [1.29, 1.82) is 0 Å². The molecule has 7 heteroatoms. The standard InChI is InChI=1S/C20H23FN4O2/c1-23-17(7-10-22-23)18(26)25-12-9-20(14-25)8-4-11-24(19(20)27)13-15-5-2-3-6-16(15)21/h2-3,5-7,10H,4,8-9,11-14H2,1H3. The molecule has 27 heavy (non-hydrogen) atoms. The van der Waals surface area contributed by atoms with Gasteiger partial charge in [0.05, 0.1) is 5.41 Å². The number of benzene rings is 1. The molecular formula is C20H23FN4O2. The summed E-state index contributed by atoms with van der Waals surface area (Å²) in [7, 11) is 1.74. The first-order valence-electron chi connectivity index (χ1n) is 9.30. The molecule has 0 N–H and O–H groups in total. The Labute approximate surface area is 157 Å². The zero-order valence-corrected chi connectivity index (χ0v) is 15.4. The smallest absolute Gasteiger partial charge is 0.272 e. The molecule has 2 aromatic rings. The lowest BCUT2D eigenvalue weighted by atomic mass is 9.78. The Morgan fingerprint density at radius 3 is 2.78 bits per heavy atom. The quantitative estimate of drug-likeness (QED) is 0.832. The van der Waals surface area contributed by atoms with E-state index in [0.29, 0.717) is 37.3 Å². The van der Waals surface area contributed by atoms with Gasteiger partial charge in [-0.1, -0.05) is 18.2 Å². The van der Waals surface area contributed by atoms with Crippen LogP contribution < -0.4 is 0 Å². The van der Waals surface area contributed by atoms with Crippen LogP contribution in [0.3, 0.4) is 0 Å². The van der Waals surface area contributed by atoms with Crippen LogP contribution >= 0.6 is 0 Å². The third kappa shape index (κ3) is 3.11. The first-order chi connectivity index (χ1) is 13.0. The fraction of sp³-hybridized carbons (Fsp3) is 0.450. The molecule has 1 atom stereocenters. The van der Waals surface area contributed by atoms with Crippen LogP contribution in [0.25, 0.3) is 0 Å². The number of hydrogen-bond acceptors (Lipinski definition) is 3. The SMILES string of the molecule is Cn1nccc1C(=O)N1CCC2(CCCN(Cc3ccccc3F)C2=O)C1. The summed E-state index contributed by atoms with van der Waals surface area (Å²) in [5, 5.41) is 4.05. The minimum Gasteiger partial charge on any atom is -0.338 e. The van der Waals surface area contributed by atoms with Crippen LogP contribution in [0.1, 0.15) is 35.3 Å². The normalized spacial score (nSPS) is 22.7. The van der Waals surface area contributed by atoms with Gasteiger partial charge < -0.3 is 9.80 Å². The lowest BCUT2D eigenvalue weighted by Crippen LogP contribution is -2.50. The lowest BCUT2D eigenvalue weighted by molar-refractivity contribution is -0.146. The monoisotopic (exact) mass is 370 g/mol. The Bertz CT molecular complexity index is 880. The number of likely N-dealkylation sites (tertiary alicyclic amines) is 2. The summed E-state index contributed by atoms with van der Waals surface area (Å²) in [6.45, 7) is 1.89. The molecule has 2 aliphatic rings. The predicted molar refractivity (Wildman–Crippen MR) is 97.2 cm³/mol. The third-order valence-corrected chi connectivity index (χ3v) is 5.82. The number of aromatic nitrogens is 2. The number of carbonyl (C=O) groups is 2. The van der Waals surface area contributed by atoms with Crippen LogP contribution in [0.4, 0.5) is 4.39 Å². The summed E-state index contributed by atoms with van der Waals surface area (Å²) in [5.41, 5.74) is 0.514. The first kappa shape index (κ1) is 17.7. The van der Waals surface area contributed by atoms with E-state index in [1.807, 2.05) is 0 Å². The summed E-state index contributed by atoms with van der Waals surface area (Å²) >= 11 is 0. The maximum absolute atomic E-state index is 14.0. The van der Waals surface area contributed by atoms with Gasteiger partial charge in [0.25, 0.3) is 5.91 Å². The molecule has 142 valence electrons. The van der Waals surface area contributed by atoms with Gasteiger partial charge in [-0.05, 0) is 31.4 Å². The second-order valence-corrected chi connectivity index (χ2v) is 7.52. The molecule has 2 fully saturated rings. The van der Waals surface area contributed by atoms with Crippen molar-refractivity contribution in [3.63, 3.8) is 0 Å². The van der Waals surface area contributed by atoms with Crippen molar-refractivity contribution in [2.45, 2.75) is 25.8 Å². The highest BCUT2D eigenvalue weighted by Crippen LogP contribution is 2.41. The van der Waals surface area contributed by atoms with Crippen molar-refractivity contribution in [2.24, 2.45) is 12.5 Å². The van der Waals surface area contributed by atoms with Gasteiger partial charge in [-0.25, -0.2) is 4.39 Å². The third-order valence-electron chi connectivity index (χ3n) is 5.82. The van der Waals surface area contributed by atoms with Crippen molar-refractivity contribution in [1.82, 2.24) is 19.6 Å². The summed E-state index contributed by atoms with van der Waals surface area (Å²) in [5.74, 6) is -0.340. The van der Waals surface area contributed by atoms with E-state index in [1.165, 1.54) is 6.07 Å². The Kier molecular flexibility index (Phi) is 4.45. The Balaban J connectivity index is 1.50. The molecule has 2 aliphatic heterocycles. The number of amides is 2. The van der Waals surface area contributed by atoms with E-state index in [0.717, 1.165) is 12.8 Å². The molecule has 1 aromatic carbocycles. The molecule has 1 unspecified atom stereocenters. The van der Waals surface area contributed by atoms with Gasteiger partial charge in [0.2, 0.25) is 5.91 Å². The number of halogens is 1. The van der Waals surface area contributed by atoms with Crippen LogP contribution in [-0.2, 0) is 18.4 Å². The van der Waals surface area contributed by atoms with E-state index >= 15 is 0 Å². The highest BCUT2D eigenvalue weighted by atomic mass is 19.1. The molecule has 3 heterocycles. The van der Waals surface area contributed by atoms with Crippen molar-refractivity contribution >= 4 is 11.8 Å². The van der Waals surface area contributed by atoms with Crippen LogP contribution in [0.5, 0.6) is 0 Å². The van der Waals surface area contributed by atoms with Crippen molar-refractivity contribution < 1.29 is 14.0 Å². The molecule has 2 saturated heterocycles. The molecule has 6 nitrogen and oxygen atoms in total. The zero-order valence-electron chi connectivity index (χ0n) is 15.4. The number of nitrogens with zero attached hydrogens (tertiary/aromatic N) is 4. The minimum absolute atomic E-state index is 0.0392. The molecule has 0 radical (unpaired) electrons. The van der Waals surface area contributed by atoms with Gasteiger partial charge in [-0.2, -0.15) is 5.10 Å². The van der Waals surface area contributed by atoms with E-state index in [1.54, 1.807) is 52.0 Å². The summed E-state index contributed by atoms with van der Waals surface area (Å²) in [6, 6.07) is 8.27. The van der Waals surface area contributed by atoms with Gasteiger partial charge in [0, 0.05) is 45.0 Å². The van der Waals surface area contributed by atoms with Crippen LogP contribution in [0.2, 0.25) is 0 Å². The Morgan fingerprint density at radius 2 is 2.04 bits per heavy atom. The highest BCUT2D eigenvalue weighted by molar-refractivity contribution is 5.94. The number of carbonyl (C=O) groups excluding carboxylic acids is 2. The van der Waals surface area contributed by atoms with Gasteiger partial charge in [-0.15, -0.1) is 0 Å². The summed E-state index contributed by atoms with van der Waals surface area (Å²) in [6.07, 6.45) is 3.90. The van der Waals surface area contributed by atoms with Gasteiger partial charge in [-0.3, -0.25) is 14.3 Å². The summed E-state index contributed by atoms with van der Waals surface area (Å²) < 4.78 is 15.6. The minimum atomic E-state index is -0.544. The van der Waals surface area contributed by atoms with Crippen LogP contribution in [0, 0.1) is 11.2 Å². The van der Waals surface area contributed by atoms with E-state index in [-0.39, 0.29) is 24.2 Å². The number of piperidine rings is 1. The average molecular weight is 370 g/mol. The van der Waals surface area contributed by atoms with E-state index in [4.69, 9.17) is 0 Å². The molecule has 2 amide bonds. The Morgan fingerprint density at radius 1 is 1.22 bits per heavy atom. The average Bonchev–Trinajstić information content (AvgIpc) is 3.28. The molecule has 0 aliphatic carbocycles. The lowest BCUT2D eigenvalue weighted by Gasteiger charge is -2.39. The van der Waals surface area contributed by atoms with Crippen molar-refractivity contribution in [2.75, 3.05) is 19.6 Å². The number of aryl methyl sites for hydroxylation is 1. The van der Waals surface area contributed by atoms with Gasteiger partial charge in [0.15, 0.2) is 0 Å². The van der Waals surface area contributed by atoms with Crippen LogP contribution in [0.15, 0.2) is 36.5 Å². The Hall–Kier alpha value is -2.70. The van der Waals surface area contributed by atoms with Gasteiger partial charge in [0.1, 0.15) is 11.5 Å². The maximum atomic E-state index is 14.0.